The van der Waals surface area contributed by atoms with Crippen molar-refractivity contribution in [3.05, 3.63) is 140 Å². The summed E-state index contributed by atoms with van der Waals surface area (Å²) in [5.41, 5.74) is 5.73. The first-order valence-electron chi connectivity index (χ1n) is 27.6. The van der Waals surface area contributed by atoms with Crippen LogP contribution in [0.1, 0.15) is 265 Å². The van der Waals surface area contributed by atoms with Gasteiger partial charge in [0, 0.05) is 12.8 Å². The monoisotopic (exact) mass is 1020 g/mol. The second-order valence-corrected chi connectivity index (χ2v) is 32.2. The highest BCUT2D eigenvalue weighted by Gasteiger charge is 2.71. The molecule has 3 aliphatic rings. The van der Waals surface area contributed by atoms with Crippen molar-refractivity contribution in [3.8, 4) is 0 Å². The third-order valence-electron chi connectivity index (χ3n) is 16.3. The Morgan fingerprint density at radius 2 is 0.548 bits per heavy atom. The van der Waals surface area contributed by atoms with Gasteiger partial charge in [0.15, 0.2) is 17.0 Å². The third-order valence-corrected chi connectivity index (χ3v) is 17.3. The van der Waals surface area contributed by atoms with Gasteiger partial charge in [0.05, 0.1) is 0 Å². The van der Waals surface area contributed by atoms with E-state index in [2.05, 4.69) is 239 Å². The molecule has 0 bridgehead atoms. The quantitative estimate of drug-likeness (QED) is 0.205. The maximum absolute atomic E-state index is 16.6. The molecule has 7 rings (SSSR count). The summed E-state index contributed by atoms with van der Waals surface area (Å²) in [4.78, 5) is 13.6. The maximum atomic E-state index is 16.6. The van der Waals surface area contributed by atoms with Gasteiger partial charge in [-0.3, -0.25) is 9.05 Å². The van der Waals surface area contributed by atoms with Gasteiger partial charge in [0.1, 0.15) is 12.2 Å². The standard InChI is InChI=1S/C66H97O6P/c1-56(2,3)42-30-43(57(4,5)6)35-50(34-42)65(51-36-44(58(7,8)9)31-45(37-51)59(10,11)12)54-55(70-64(69-54)28-26-25-27-29-64)66(72-73(67,68)71-65,52-38-46(60(13,14)15)32-47(39-52)61(16,17)18)53-40-48(62(19,20)21)33-49(41-53)63(22,23)24/h30-41,54-55H,25-29H2,1-24H3,(H,67,68)/t54-,55-/m0/s1. The number of phosphoric acid groups is 1. The Balaban J connectivity index is 1.81. The van der Waals surface area contributed by atoms with Crippen LogP contribution in [0, 0.1) is 0 Å². The van der Waals surface area contributed by atoms with Crippen LogP contribution in [0.15, 0.2) is 72.8 Å². The zero-order valence-corrected chi connectivity index (χ0v) is 50.9. The summed E-state index contributed by atoms with van der Waals surface area (Å²) in [7, 11) is -5.25. The van der Waals surface area contributed by atoms with Gasteiger partial charge in [0.2, 0.25) is 0 Å². The molecule has 1 saturated carbocycles. The average molecular weight is 1020 g/mol. The van der Waals surface area contributed by atoms with Gasteiger partial charge in [-0.15, -0.1) is 0 Å². The van der Waals surface area contributed by atoms with E-state index in [-0.39, 0.29) is 43.3 Å². The SMILES string of the molecule is CC(C)(C)c1cc(C(C)(C)C)cc(C2(c3cc(C(C)(C)C)cc(C(C)(C)C)c3)OP(=O)(O)OC(c3cc(C(C)(C)C)cc(C(C)(C)C)c3)(c3cc(C(C)(C)C)cc(C(C)(C)C)c3)[C@H]3OC4(CCCCC4)O[C@@H]32)c1. The lowest BCUT2D eigenvalue weighted by atomic mass is 9.67. The molecule has 0 unspecified atom stereocenters. The highest BCUT2D eigenvalue weighted by atomic mass is 31.2. The molecule has 1 spiro atoms. The fourth-order valence-electron chi connectivity index (χ4n) is 11.1. The Labute approximate surface area is 444 Å². The molecular formula is C66H97O6P. The van der Waals surface area contributed by atoms with Crippen molar-refractivity contribution >= 4 is 7.82 Å². The van der Waals surface area contributed by atoms with Crippen LogP contribution in [0.2, 0.25) is 0 Å². The molecule has 1 aliphatic carbocycles. The van der Waals surface area contributed by atoms with Crippen LogP contribution in [0.4, 0.5) is 0 Å². The van der Waals surface area contributed by atoms with Gasteiger partial charge in [-0.25, -0.2) is 4.57 Å². The molecule has 0 aromatic heterocycles. The molecular weight excluding hydrogens is 920 g/mol. The minimum Gasteiger partial charge on any atom is -0.340 e. The van der Waals surface area contributed by atoms with E-state index < -0.39 is 37.0 Å². The van der Waals surface area contributed by atoms with Gasteiger partial charge >= 0.3 is 7.82 Å². The predicted molar refractivity (Wildman–Crippen MR) is 304 cm³/mol. The molecule has 4 aromatic rings. The van der Waals surface area contributed by atoms with E-state index in [1.807, 2.05) is 0 Å². The van der Waals surface area contributed by atoms with Crippen LogP contribution < -0.4 is 0 Å². The molecule has 0 radical (unpaired) electrons. The summed E-state index contributed by atoms with van der Waals surface area (Å²) in [5.74, 6) is -1.04. The maximum Gasteiger partial charge on any atom is 0.474 e. The number of ether oxygens (including phenoxy) is 2. The Morgan fingerprint density at radius 1 is 0.356 bits per heavy atom. The van der Waals surface area contributed by atoms with Gasteiger partial charge in [-0.2, -0.15) is 0 Å². The van der Waals surface area contributed by atoms with E-state index in [0.717, 1.165) is 86.0 Å². The van der Waals surface area contributed by atoms with Crippen LogP contribution >= 0.6 is 7.82 Å². The first-order chi connectivity index (χ1) is 32.8. The van der Waals surface area contributed by atoms with Crippen molar-refractivity contribution in [2.24, 2.45) is 0 Å². The normalized spacial score (nSPS) is 21.8. The molecule has 4 aromatic carbocycles. The largest absolute Gasteiger partial charge is 0.474 e. The summed E-state index contributed by atoms with van der Waals surface area (Å²) in [6.45, 7) is 53.7. The number of fused-ring (bicyclic) bond motifs is 1. The molecule has 402 valence electrons. The van der Waals surface area contributed by atoms with Crippen LogP contribution in [-0.4, -0.2) is 22.9 Å². The van der Waals surface area contributed by atoms with E-state index in [1.54, 1.807) is 0 Å². The lowest BCUT2D eigenvalue weighted by molar-refractivity contribution is -0.217. The number of phosphoric ester groups is 1. The van der Waals surface area contributed by atoms with Crippen molar-refractivity contribution in [1.29, 1.82) is 0 Å². The molecule has 7 heteroatoms. The molecule has 73 heavy (non-hydrogen) atoms. The first kappa shape index (κ1) is 57.6. The molecule has 0 amide bonds. The Kier molecular flexibility index (Phi) is 14.4. The lowest BCUT2D eigenvalue weighted by Crippen LogP contribution is -2.54. The number of hydrogen-bond donors (Lipinski definition) is 1. The average Bonchev–Trinajstić information content (AvgIpc) is 3.56. The first-order valence-corrected chi connectivity index (χ1v) is 29.1. The van der Waals surface area contributed by atoms with Gasteiger partial charge < -0.3 is 14.4 Å². The molecule has 2 heterocycles. The van der Waals surface area contributed by atoms with E-state index in [0.29, 0.717) is 12.8 Å². The summed E-state index contributed by atoms with van der Waals surface area (Å²) in [6.07, 6.45) is 2.19. The minimum atomic E-state index is -5.25. The fourth-order valence-corrected chi connectivity index (χ4v) is 12.4. The van der Waals surface area contributed by atoms with Crippen molar-refractivity contribution in [2.45, 2.75) is 271 Å². The summed E-state index contributed by atoms with van der Waals surface area (Å²) >= 11 is 0. The van der Waals surface area contributed by atoms with Gasteiger partial charge in [-0.1, -0.05) is 245 Å². The van der Waals surface area contributed by atoms with Crippen LogP contribution in [0.5, 0.6) is 0 Å². The summed E-state index contributed by atoms with van der Waals surface area (Å²) in [5, 5.41) is 0. The molecule has 6 nitrogen and oxygen atoms in total. The van der Waals surface area contributed by atoms with Crippen molar-refractivity contribution in [2.75, 3.05) is 0 Å². The van der Waals surface area contributed by atoms with E-state index in [9.17, 15) is 4.89 Å². The number of hydrogen-bond acceptors (Lipinski definition) is 5. The van der Waals surface area contributed by atoms with Gasteiger partial charge in [-0.05, 0) is 123 Å². The minimum absolute atomic E-state index is 0.306. The fraction of sp³-hybridized carbons (Fsp3) is 0.636. The molecule has 2 saturated heterocycles. The van der Waals surface area contributed by atoms with Crippen molar-refractivity contribution in [3.63, 3.8) is 0 Å². The smallest absolute Gasteiger partial charge is 0.340 e. The Hall–Kier alpha value is -3.09. The lowest BCUT2D eigenvalue weighted by Gasteiger charge is -2.44. The molecule has 3 fully saturated rings. The van der Waals surface area contributed by atoms with E-state index in [1.165, 1.54) is 0 Å². The molecule has 2 atom stereocenters. The number of benzene rings is 4. The Morgan fingerprint density at radius 3 is 0.726 bits per heavy atom. The zero-order valence-electron chi connectivity index (χ0n) is 50.1. The van der Waals surface area contributed by atoms with Crippen LogP contribution in [0.25, 0.3) is 0 Å². The highest BCUT2D eigenvalue weighted by molar-refractivity contribution is 7.47. The summed E-state index contributed by atoms with van der Waals surface area (Å²) in [6, 6.07) is 27.1. The topological polar surface area (TPSA) is 74.2 Å². The number of rotatable bonds is 4. The third kappa shape index (κ3) is 11.3. The molecule has 1 N–H and O–H groups in total. The van der Waals surface area contributed by atoms with Gasteiger partial charge in [0.25, 0.3) is 0 Å². The second kappa shape index (κ2) is 18.3. The zero-order chi connectivity index (χ0) is 54.9. The summed E-state index contributed by atoms with van der Waals surface area (Å²) < 4.78 is 47.8. The van der Waals surface area contributed by atoms with Crippen molar-refractivity contribution in [1.82, 2.24) is 0 Å². The highest BCUT2D eigenvalue weighted by Crippen LogP contribution is 2.68. The molecule has 2 aliphatic heterocycles. The predicted octanol–water partition coefficient (Wildman–Crippen LogP) is 17.8. The Bertz CT molecular complexity index is 2290. The van der Waals surface area contributed by atoms with Crippen LogP contribution in [0.3, 0.4) is 0 Å². The second-order valence-electron chi connectivity index (χ2n) is 30.9. The van der Waals surface area contributed by atoms with E-state index in [4.69, 9.17) is 18.5 Å². The van der Waals surface area contributed by atoms with Crippen LogP contribution in [-0.2, 0) is 77.6 Å². The van der Waals surface area contributed by atoms with E-state index >= 15 is 4.57 Å². The van der Waals surface area contributed by atoms with Crippen molar-refractivity contribution < 1.29 is 28.0 Å².